The molecular weight excluding hydrogens is 277 g/mol. The fraction of sp³-hybridized carbons (Fsp3) is 0.462. The number of hydrogen-bond acceptors (Lipinski definition) is 2. The number of nitriles is 1. The molecular formula is C13H12ClF3N2. The van der Waals surface area contributed by atoms with Crippen molar-refractivity contribution in [2.24, 2.45) is 5.41 Å². The number of benzene rings is 1. The van der Waals surface area contributed by atoms with E-state index >= 15 is 0 Å². The Hall–Kier alpha value is -1.41. The molecule has 0 heterocycles. The van der Waals surface area contributed by atoms with Crippen LogP contribution in [0.3, 0.4) is 0 Å². The molecule has 1 aromatic rings. The molecule has 1 aliphatic carbocycles. The van der Waals surface area contributed by atoms with E-state index in [1.165, 1.54) is 12.1 Å². The zero-order chi connectivity index (χ0) is 14.1. The minimum atomic E-state index is -4.45. The lowest BCUT2D eigenvalue weighted by atomic mass is 10.0. The van der Waals surface area contributed by atoms with Crippen LogP contribution in [0.2, 0.25) is 5.02 Å². The molecule has 1 aliphatic rings. The molecule has 0 unspecified atom stereocenters. The van der Waals surface area contributed by atoms with Crippen molar-refractivity contribution in [3.63, 3.8) is 0 Å². The highest BCUT2D eigenvalue weighted by atomic mass is 35.5. The summed E-state index contributed by atoms with van der Waals surface area (Å²) in [5, 5.41) is 11.5. The van der Waals surface area contributed by atoms with Crippen LogP contribution >= 0.6 is 11.6 Å². The van der Waals surface area contributed by atoms with E-state index in [-0.39, 0.29) is 16.1 Å². The highest BCUT2D eigenvalue weighted by Gasteiger charge is 2.43. The van der Waals surface area contributed by atoms with E-state index < -0.39 is 11.7 Å². The van der Waals surface area contributed by atoms with E-state index in [1.54, 1.807) is 0 Å². The van der Waals surface area contributed by atoms with Gasteiger partial charge in [-0.1, -0.05) is 17.7 Å². The zero-order valence-electron chi connectivity index (χ0n) is 10.0. The molecule has 2 rings (SSSR count). The van der Waals surface area contributed by atoms with Crippen molar-refractivity contribution < 1.29 is 13.2 Å². The average molecular weight is 289 g/mol. The molecule has 1 aromatic carbocycles. The fourth-order valence-corrected chi connectivity index (χ4v) is 2.22. The van der Waals surface area contributed by atoms with Gasteiger partial charge in [-0.3, -0.25) is 0 Å². The molecule has 6 heteroatoms. The summed E-state index contributed by atoms with van der Waals surface area (Å²) in [5.74, 6) is 0. The van der Waals surface area contributed by atoms with Crippen molar-refractivity contribution in [1.82, 2.24) is 0 Å². The van der Waals surface area contributed by atoms with E-state index in [2.05, 4.69) is 11.4 Å². The van der Waals surface area contributed by atoms with Crippen molar-refractivity contribution in [3.05, 3.63) is 28.8 Å². The van der Waals surface area contributed by atoms with Gasteiger partial charge in [-0.25, -0.2) is 0 Å². The predicted octanol–water partition coefficient (Wildman–Crippen LogP) is 4.46. The number of anilines is 1. The number of para-hydroxylation sites is 1. The quantitative estimate of drug-likeness (QED) is 0.887. The Morgan fingerprint density at radius 3 is 2.58 bits per heavy atom. The van der Waals surface area contributed by atoms with Crippen molar-refractivity contribution in [2.45, 2.75) is 25.4 Å². The van der Waals surface area contributed by atoms with Gasteiger partial charge < -0.3 is 5.32 Å². The van der Waals surface area contributed by atoms with Crippen LogP contribution in [0.15, 0.2) is 18.2 Å². The minimum Gasteiger partial charge on any atom is -0.383 e. The molecule has 0 saturated heterocycles. The molecule has 0 atom stereocenters. The Morgan fingerprint density at radius 1 is 1.37 bits per heavy atom. The van der Waals surface area contributed by atoms with Gasteiger partial charge >= 0.3 is 6.18 Å². The summed E-state index contributed by atoms with van der Waals surface area (Å²) in [4.78, 5) is 0. The van der Waals surface area contributed by atoms with Crippen molar-refractivity contribution in [3.8, 4) is 6.07 Å². The Morgan fingerprint density at radius 2 is 2.05 bits per heavy atom. The molecule has 0 amide bonds. The second kappa shape index (κ2) is 4.93. The Kier molecular flexibility index (Phi) is 3.64. The monoisotopic (exact) mass is 288 g/mol. The molecule has 1 N–H and O–H groups in total. The highest BCUT2D eigenvalue weighted by molar-refractivity contribution is 6.33. The highest BCUT2D eigenvalue weighted by Crippen LogP contribution is 2.49. The first kappa shape index (κ1) is 14.0. The topological polar surface area (TPSA) is 35.8 Å². The summed E-state index contributed by atoms with van der Waals surface area (Å²) in [6.07, 6.45) is -2.37. The lowest BCUT2D eigenvalue weighted by Crippen LogP contribution is -2.18. The Balaban J connectivity index is 2.19. The van der Waals surface area contributed by atoms with Gasteiger partial charge in [-0.05, 0) is 25.0 Å². The van der Waals surface area contributed by atoms with Crippen LogP contribution < -0.4 is 5.32 Å². The maximum atomic E-state index is 12.9. The molecule has 2 nitrogen and oxygen atoms in total. The van der Waals surface area contributed by atoms with E-state index in [0.29, 0.717) is 13.0 Å². The minimum absolute atomic E-state index is 0.0441. The third-order valence-electron chi connectivity index (χ3n) is 3.37. The molecule has 102 valence electrons. The molecule has 0 bridgehead atoms. The van der Waals surface area contributed by atoms with E-state index in [4.69, 9.17) is 16.9 Å². The van der Waals surface area contributed by atoms with Crippen molar-refractivity contribution in [2.75, 3.05) is 11.9 Å². The first-order valence-electron chi connectivity index (χ1n) is 5.84. The van der Waals surface area contributed by atoms with Crippen molar-refractivity contribution in [1.29, 1.82) is 5.26 Å². The van der Waals surface area contributed by atoms with Gasteiger partial charge in [0.25, 0.3) is 0 Å². The van der Waals surface area contributed by atoms with Gasteiger partial charge in [0.05, 0.1) is 22.3 Å². The van der Waals surface area contributed by atoms with Crippen molar-refractivity contribution >= 4 is 17.3 Å². The van der Waals surface area contributed by atoms with Crippen LogP contribution in [0, 0.1) is 16.7 Å². The number of halogens is 4. The maximum absolute atomic E-state index is 12.9. The summed E-state index contributed by atoms with van der Waals surface area (Å²) in [6.45, 7) is 0.341. The SMILES string of the molecule is N#CCC1(CNc2c(Cl)cccc2C(F)(F)F)CC1. The molecule has 1 fully saturated rings. The molecule has 0 spiro atoms. The second-order valence-electron chi connectivity index (χ2n) is 4.85. The zero-order valence-corrected chi connectivity index (χ0v) is 10.8. The second-order valence-corrected chi connectivity index (χ2v) is 5.26. The van der Waals surface area contributed by atoms with Gasteiger partial charge in [0.2, 0.25) is 0 Å². The number of nitrogens with zero attached hydrogens (tertiary/aromatic N) is 1. The van der Waals surface area contributed by atoms with Crippen LogP contribution in [0.25, 0.3) is 0 Å². The van der Waals surface area contributed by atoms with Gasteiger partial charge in [0, 0.05) is 18.4 Å². The number of hydrogen-bond donors (Lipinski definition) is 1. The first-order chi connectivity index (χ1) is 8.88. The summed E-state index contributed by atoms with van der Waals surface area (Å²) in [7, 11) is 0. The van der Waals surface area contributed by atoms with Gasteiger partial charge in [-0.2, -0.15) is 18.4 Å². The molecule has 19 heavy (non-hydrogen) atoms. The smallest absolute Gasteiger partial charge is 0.383 e. The molecule has 0 radical (unpaired) electrons. The summed E-state index contributed by atoms with van der Waals surface area (Å²) >= 11 is 5.83. The van der Waals surface area contributed by atoms with E-state index in [9.17, 15) is 13.2 Å². The van der Waals surface area contributed by atoms with Crippen LogP contribution in [-0.2, 0) is 6.18 Å². The lowest BCUT2D eigenvalue weighted by Gasteiger charge is -2.19. The molecule has 0 aromatic heterocycles. The lowest BCUT2D eigenvalue weighted by molar-refractivity contribution is -0.137. The third kappa shape index (κ3) is 3.13. The van der Waals surface area contributed by atoms with Crippen LogP contribution in [-0.4, -0.2) is 6.54 Å². The molecule has 1 saturated carbocycles. The largest absolute Gasteiger partial charge is 0.418 e. The summed E-state index contributed by atoms with van der Waals surface area (Å²) in [6, 6.07) is 5.77. The Bertz CT molecular complexity index is 516. The van der Waals surface area contributed by atoms with Gasteiger partial charge in [-0.15, -0.1) is 0 Å². The third-order valence-corrected chi connectivity index (χ3v) is 3.69. The van der Waals surface area contributed by atoms with Crippen LogP contribution in [0.4, 0.5) is 18.9 Å². The number of nitrogens with one attached hydrogen (secondary N) is 1. The Labute approximate surface area is 114 Å². The fourth-order valence-electron chi connectivity index (χ4n) is 1.98. The van der Waals surface area contributed by atoms with Crippen LogP contribution in [0.5, 0.6) is 0 Å². The standard InChI is InChI=1S/C13H12ClF3N2/c14-10-3-1-2-9(13(15,16)17)11(10)19-8-12(4-5-12)6-7-18/h1-3,19H,4-6,8H2. The van der Waals surface area contributed by atoms with E-state index in [1.807, 2.05) is 0 Å². The van der Waals surface area contributed by atoms with E-state index in [0.717, 1.165) is 18.9 Å². The predicted molar refractivity (Wildman–Crippen MR) is 66.8 cm³/mol. The summed E-state index contributed by atoms with van der Waals surface area (Å²) < 4.78 is 38.6. The first-order valence-corrected chi connectivity index (χ1v) is 6.22. The maximum Gasteiger partial charge on any atom is 0.418 e. The van der Waals surface area contributed by atoms with Gasteiger partial charge in [0.1, 0.15) is 0 Å². The summed E-state index contributed by atoms with van der Waals surface area (Å²) in [5.41, 5.74) is -1.05. The number of alkyl halides is 3. The average Bonchev–Trinajstić information content (AvgIpc) is 3.07. The molecule has 0 aliphatic heterocycles. The number of rotatable bonds is 4. The normalized spacial score (nSPS) is 16.8. The van der Waals surface area contributed by atoms with Crippen LogP contribution in [0.1, 0.15) is 24.8 Å². The van der Waals surface area contributed by atoms with Gasteiger partial charge in [0.15, 0.2) is 0 Å².